The Labute approximate surface area is 120 Å². The Balaban J connectivity index is 1.94. The first-order valence-corrected chi connectivity index (χ1v) is 6.07. The van der Waals surface area contributed by atoms with Crippen molar-refractivity contribution in [3.8, 4) is 0 Å². The molecule has 0 aliphatic carbocycles. The number of nitrogen functional groups attached to an aromatic ring is 2. The Morgan fingerprint density at radius 2 is 1.80 bits per heavy atom. The highest BCUT2D eigenvalue weighted by Gasteiger charge is 2.10. The van der Waals surface area contributed by atoms with Crippen LogP contribution in [-0.2, 0) is 22.6 Å². The number of benzene rings is 1. The van der Waals surface area contributed by atoms with E-state index in [1.54, 1.807) is 24.3 Å². The average molecular weight is 294 g/mol. The highest BCUT2D eigenvalue weighted by atomic mass is 35.5. The van der Waals surface area contributed by atoms with E-state index < -0.39 is 5.97 Å². The summed E-state index contributed by atoms with van der Waals surface area (Å²) in [6.45, 7) is -0.125. The van der Waals surface area contributed by atoms with Gasteiger partial charge in [0.15, 0.2) is 12.4 Å². The fraction of sp³-hybridized carbons (Fsp3) is 0.167. The molecule has 0 spiro atoms. The van der Waals surface area contributed by atoms with Crippen molar-refractivity contribution in [3.63, 3.8) is 0 Å². The maximum Gasteiger partial charge on any atom is 0.310 e. The number of carbonyl (C=O) groups excluding carboxylic acids is 1. The molecule has 0 bridgehead atoms. The maximum atomic E-state index is 11.7. The molecule has 0 unspecified atom stereocenters. The summed E-state index contributed by atoms with van der Waals surface area (Å²) in [7, 11) is 0. The molecule has 7 nitrogen and oxygen atoms in total. The molecule has 0 aliphatic heterocycles. The van der Waals surface area contributed by atoms with Crippen molar-refractivity contribution in [2.75, 3.05) is 11.5 Å². The number of nitrogens with two attached hydrogens (primary N) is 2. The second kappa shape index (κ2) is 6.16. The monoisotopic (exact) mass is 293 g/mol. The summed E-state index contributed by atoms with van der Waals surface area (Å²) in [6.07, 6.45) is 0.0652. The molecule has 4 N–H and O–H groups in total. The lowest BCUT2D eigenvalue weighted by molar-refractivity contribution is -0.144. The molecule has 20 heavy (non-hydrogen) atoms. The zero-order valence-corrected chi connectivity index (χ0v) is 11.2. The topological polar surface area (TPSA) is 117 Å². The molecule has 0 saturated carbocycles. The highest BCUT2D eigenvalue weighted by Crippen LogP contribution is 2.15. The normalized spacial score (nSPS) is 10.2. The van der Waals surface area contributed by atoms with E-state index in [0.29, 0.717) is 10.6 Å². The van der Waals surface area contributed by atoms with Gasteiger partial charge in [-0.3, -0.25) is 4.79 Å². The lowest BCUT2D eigenvalue weighted by Crippen LogP contribution is -2.12. The molecular weight excluding hydrogens is 282 g/mol. The predicted octanol–water partition coefficient (Wildman–Crippen LogP) is 0.975. The van der Waals surface area contributed by atoms with Crippen LogP contribution in [0.5, 0.6) is 0 Å². The van der Waals surface area contributed by atoms with Crippen molar-refractivity contribution < 1.29 is 9.53 Å². The zero-order chi connectivity index (χ0) is 14.5. The summed E-state index contributed by atoms with van der Waals surface area (Å²) < 4.78 is 5.04. The molecule has 8 heteroatoms. The van der Waals surface area contributed by atoms with Gasteiger partial charge in [-0.15, -0.1) is 0 Å². The second-order valence-electron chi connectivity index (χ2n) is 3.90. The number of rotatable bonds is 4. The first kappa shape index (κ1) is 14.0. The van der Waals surface area contributed by atoms with Gasteiger partial charge in [0.1, 0.15) is 0 Å². The lowest BCUT2D eigenvalue weighted by Gasteiger charge is -2.06. The number of hydrogen-bond donors (Lipinski definition) is 2. The van der Waals surface area contributed by atoms with Gasteiger partial charge in [-0.05, 0) is 11.6 Å². The van der Waals surface area contributed by atoms with Crippen molar-refractivity contribution in [1.82, 2.24) is 15.0 Å². The van der Waals surface area contributed by atoms with Crippen LogP contribution < -0.4 is 11.5 Å². The highest BCUT2D eigenvalue weighted by molar-refractivity contribution is 6.31. The first-order valence-electron chi connectivity index (χ1n) is 5.69. The third kappa shape index (κ3) is 3.79. The van der Waals surface area contributed by atoms with E-state index in [2.05, 4.69) is 15.0 Å². The molecule has 0 saturated heterocycles. The van der Waals surface area contributed by atoms with Crippen LogP contribution in [0.2, 0.25) is 5.02 Å². The Hall–Kier alpha value is -2.41. The van der Waals surface area contributed by atoms with Gasteiger partial charge >= 0.3 is 5.97 Å². The zero-order valence-electron chi connectivity index (χ0n) is 10.4. The molecule has 1 aromatic carbocycles. The molecule has 1 aromatic heterocycles. The molecule has 1 heterocycles. The maximum absolute atomic E-state index is 11.7. The number of hydrogen-bond acceptors (Lipinski definition) is 7. The van der Waals surface area contributed by atoms with Crippen molar-refractivity contribution in [2.24, 2.45) is 0 Å². The van der Waals surface area contributed by atoms with Gasteiger partial charge in [0.25, 0.3) is 0 Å². The van der Waals surface area contributed by atoms with Gasteiger partial charge in [0.05, 0.1) is 6.42 Å². The largest absolute Gasteiger partial charge is 0.457 e. The molecule has 0 atom stereocenters. The SMILES string of the molecule is Nc1nc(N)nc(COC(=O)Cc2ccccc2Cl)n1. The van der Waals surface area contributed by atoms with E-state index in [9.17, 15) is 4.79 Å². The molecular formula is C12H12ClN5O2. The van der Waals surface area contributed by atoms with Crippen LogP contribution in [0.25, 0.3) is 0 Å². The van der Waals surface area contributed by atoms with E-state index in [4.69, 9.17) is 27.8 Å². The Kier molecular flexibility index (Phi) is 4.31. The summed E-state index contributed by atoms with van der Waals surface area (Å²) in [6, 6.07) is 7.04. The van der Waals surface area contributed by atoms with Crippen molar-refractivity contribution in [1.29, 1.82) is 0 Å². The van der Waals surface area contributed by atoms with E-state index >= 15 is 0 Å². The van der Waals surface area contributed by atoms with Gasteiger partial charge < -0.3 is 16.2 Å². The number of anilines is 2. The van der Waals surface area contributed by atoms with Crippen LogP contribution in [-0.4, -0.2) is 20.9 Å². The minimum atomic E-state index is -0.448. The molecule has 2 aromatic rings. The van der Waals surface area contributed by atoms with E-state index in [1.165, 1.54) is 0 Å². The third-order valence-corrected chi connectivity index (χ3v) is 2.74. The van der Waals surface area contributed by atoms with E-state index in [0.717, 1.165) is 0 Å². The molecule has 2 rings (SSSR count). The average Bonchev–Trinajstić information content (AvgIpc) is 2.38. The predicted molar refractivity (Wildman–Crippen MR) is 73.6 cm³/mol. The van der Waals surface area contributed by atoms with Crippen LogP contribution in [0.3, 0.4) is 0 Å². The van der Waals surface area contributed by atoms with Gasteiger partial charge in [-0.1, -0.05) is 29.8 Å². The second-order valence-corrected chi connectivity index (χ2v) is 4.30. The van der Waals surface area contributed by atoms with E-state index in [-0.39, 0.29) is 30.7 Å². The quantitative estimate of drug-likeness (QED) is 0.807. The van der Waals surface area contributed by atoms with Crippen LogP contribution in [0.15, 0.2) is 24.3 Å². The Morgan fingerprint density at radius 3 is 2.45 bits per heavy atom. The summed E-state index contributed by atoms with van der Waals surface area (Å²) in [5.74, 6) is -0.289. The minimum absolute atomic E-state index is 0.0188. The van der Waals surface area contributed by atoms with Crippen LogP contribution in [0, 0.1) is 0 Å². The van der Waals surface area contributed by atoms with Gasteiger partial charge in [0, 0.05) is 5.02 Å². The number of esters is 1. The number of carbonyl (C=O) groups is 1. The molecule has 0 aliphatic rings. The van der Waals surface area contributed by atoms with E-state index in [1.807, 2.05) is 0 Å². The van der Waals surface area contributed by atoms with Crippen LogP contribution in [0.1, 0.15) is 11.4 Å². The van der Waals surface area contributed by atoms with Crippen molar-refractivity contribution >= 4 is 29.5 Å². The number of ether oxygens (including phenoxy) is 1. The smallest absolute Gasteiger partial charge is 0.310 e. The number of nitrogens with zero attached hydrogens (tertiary/aromatic N) is 3. The van der Waals surface area contributed by atoms with Crippen molar-refractivity contribution in [3.05, 3.63) is 40.7 Å². The summed E-state index contributed by atoms with van der Waals surface area (Å²) in [5.41, 5.74) is 11.5. The fourth-order valence-electron chi connectivity index (χ4n) is 1.51. The fourth-order valence-corrected chi connectivity index (χ4v) is 1.72. The lowest BCUT2D eigenvalue weighted by atomic mass is 10.1. The molecule has 0 amide bonds. The summed E-state index contributed by atoms with van der Waals surface area (Å²) >= 11 is 5.95. The standard InChI is InChI=1S/C12H12ClN5O2/c13-8-4-2-1-3-7(8)5-10(19)20-6-9-16-11(14)18-12(15)17-9/h1-4H,5-6H2,(H4,14,15,16,17,18). The summed E-state index contributed by atoms with van der Waals surface area (Å²) in [4.78, 5) is 22.9. The van der Waals surface area contributed by atoms with Crippen molar-refractivity contribution in [2.45, 2.75) is 13.0 Å². The molecule has 0 fully saturated rings. The third-order valence-electron chi connectivity index (χ3n) is 2.37. The number of aromatic nitrogens is 3. The minimum Gasteiger partial charge on any atom is -0.457 e. The Bertz CT molecular complexity index is 615. The van der Waals surface area contributed by atoms with Crippen LogP contribution >= 0.6 is 11.6 Å². The molecule has 0 radical (unpaired) electrons. The Morgan fingerprint density at radius 1 is 1.15 bits per heavy atom. The number of halogens is 1. The summed E-state index contributed by atoms with van der Waals surface area (Å²) in [5, 5.41) is 0.512. The van der Waals surface area contributed by atoms with Gasteiger partial charge in [0.2, 0.25) is 11.9 Å². The van der Waals surface area contributed by atoms with Crippen LogP contribution in [0.4, 0.5) is 11.9 Å². The van der Waals surface area contributed by atoms with Gasteiger partial charge in [-0.2, -0.15) is 15.0 Å². The first-order chi connectivity index (χ1) is 9.54. The van der Waals surface area contributed by atoms with Gasteiger partial charge in [-0.25, -0.2) is 0 Å². The molecule has 104 valence electrons.